The van der Waals surface area contributed by atoms with Crippen molar-refractivity contribution >= 4 is 17.0 Å². The molecule has 8 nitrogen and oxygen atoms in total. The van der Waals surface area contributed by atoms with Crippen LogP contribution >= 0.6 is 0 Å². The summed E-state index contributed by atoms with van der Waals surface area (Å²) in [5, 5.41) is 10.3. The second-order valence-electron chi connectivity index (χ2n) is 12.8. The Balaban J connectivity index is 1.35. The van der Waals surface area contributed by atoms with Gasteiger partial charge in [-0.05, 0) is 93.9 Å². The molecule has 3 aromatic rings. The largest absolute Gasteiger partial charge is 0.465 e. The number of carbonyl (C=O) groups is 1. The quantitative estimate of drug-likeness (QED) is 0.328. The highest BCUT2D eigenvalue weighted by atomic mass is 16.5. The topological polar surface area (TPSA) is 95.6 Å². The maximum atomic E-state index is 12.6. The zero-order valence-electron chi connectivity index (χ0n) is 25.1. The highest BCUT2D eigenvalue weighted by Crippen LogP contribution is 2.46. The van der Waals surface area contributed by atoms with Crippen LogP contribution in [0.25, 0.3) is 22.4 Å². The van der Waals surface area contributed by atoms with Gasteiger partial charge < -0.3 is 23.7 Å². The zero-order chi connectivity index (χ0) is 29.3. The number of aromatic nitrogens is 3. The molecular formula is C33H45N3O5. The van der Waals surface area contributed by atoms with Crippen molar-refractivity contribution in [2.45, 2.75) is 85.0 Å². The fourth-order valence-corrected chi connectivity index (χ4v) is 6.19. The maximum absolute atomic E-state index is 12.6. The summed E-state index contributed by atoms with van der Waals surface area (Å²) in [5.74, 6) is 1.26. The number of aryl methyl sites for hydroxylation is 2. The van der Waals surface area contributed by atoms with Gasteiger partial charge in [-0.1, -0.05) is 19.9 Å². The van der Waals surface area contributed by atoms with Gasteiger partial charge in [0.1, 0.15) is 5.82 Å². The molecule has 1 aliphatic carbocycles. The molecule has 5 atom stereocenters. The Labute approximate surface area is 242 Å². The van der Waals surface area contributed by atoms with Gasteiger partial charge in [0.25, 0.3) is 5.56 Å². The lowest BCUT2D eigenvalue weighted by atomic mass is 9.95. The summed E-state index contributed by atoms with van der Waals surface area (Å²) in [6, 6.07) is 8.47. The van der Waals surface area contributed by atoms with Crippen molar-refractivity contribution in [3.63, 3.8) is 0 Å². The Kier molecular flexibility index (Phi) is 9.00. The molecule has 2 aromatic heterocycles. The minimum atomic E-state index is -0.719. The van der Waals surface area contributed by atoms with Gasteiger partial charge in [0.05, 0.1) is 42.3 Å². The summed E-state index contributed by atoms with van der Waals surface area (Å²) < 4.78 is 15.4. The van der Waals surface area contributed by atoms with E-state index in [4.69, 9.17) is 14.5 Å². The van der Waals surface area contributed by atoms with Crippen LogP contribution < -0.4 is 5.56 Å². The third kappa shape index (κ3) is 6.92. The van der Waals surface area contributed by atoms with Crippen molar-refractivity contribution in [1.29, 1.82) is 0 Å². The molecule has 0 bridgehead atoms. The Bertz CT molecular complexity index is 1410. The van der Waals surface area contributed by atoms with Crippen LogP contribution in [0.2, 0.25) is 0 Å². The van der Waals surface area contributed by atoms with Gasteiger partial charge in [-0.15, -0.1) is 0 Å². The first kappa shape index (κ1) is 29.5. The van der Waals surface area contributed by atoms with E-state index in [-0.39, 0.29) is 23.6 Å². The molecule has 2 unspecified atom stereocenters. The molecule has 1 aromatic carbocycles. The van der Waals surface area contributed by atoms with E-state index in [0.717, 1.165) is 61.3 Å². The van der Waals surface area contributed by atoms with Crippen molar-refractivity contribution < 1.29 is 19.4 Å². The van der Waals surface area contributed by atoms with Gasteiger partial charge in [0.15, 0.2) is 0 Å². The van der Waals surface area contributed by atoms with E-state index in [9.17, 15) is 14.7 Å². The molecule has 41 heavy (non-hydrogen) atoms. The predicted molar refractivity (Wildman–Crippen MR) is 160 cm³/mol. The molecule has 0 amide bonds. The zero-order valence-corrected chi connectivity index (χ0v) is 25.1. The third-order valence-corrected chi connectivity index (χ3v) is 8.66. The second-order valence-corrected chi connectivity index (χ2v) is 12.8. The van der Waals surface area contributed by atoms with E-state index >= 15 is 0 Å². The van der Waals surface area contributed by atoms with E-state index in [0.29, 0.717) is 30.4 Å². The number of ether oxygens (including phenoxy) is 2. The summed E-state index contributed by atoms with van der Waals surface area (Å²) in [6.07, 6.45) is 7.24. The van der Waals surface area contributed by atoms with Crippen LogP contribution in [0.3, 0.4) is 0 Å². The van der Waals surface area contributed by atoms with Gasteiger partial charge >= 0.3 is 5.97 Å². The van der Waals surface area contributed by atoms with Crippen molar-refractivity contribution in [3.8, 4) is 11.4 Å². The smallest absolute Gasteiger partial charge is 0.311 e. The van der Waals surface area contributed by atoms with Gasteiger partial charge in [-0.25, -0.2) is 4.98 Å². The van der Waals surface area contributed by atoms with E-state index in [1.54, 1.807) is 18.5 Å². The molecule has 2 aliphatic rings. The van der Waals surface area contributed by atoms with Crippen LogP contribution in [0, 0.1) is 30.6 Å². The highest BCUT2D eigenvalue weighted by Gasteiger charge is 2.41. The number of hydrogen-bond acceptors (Lipinski definition) is 6. The maximum Gasteiger partial charge on any atom is 0.311 e. The Hall–Kier alpha value is -2.97. The molecule has 8 heteroatoms. The Morgan fingerprint density at radius 3 is 2.68 bits per heavy atom. The van der Waals surface area contributed by atoms with Gasteiger partial charge in [-0.2, -0.15) is 0 Å². The SMILES string of the molecule is Cc1cc(-c2nc3cc(CC4C[C@@H]4C[C@H](C(=O)OCC(C)C)[C@@H](C)O)ccc3n2CC2CCCCO2)cn(C)c1=O. The van der Waals surface area contributed by atoms with Gasteiger partial charge in [0, 0.05) is 31.0 Å². The molecule has 0 radical (unpaired) electrons. The van der Waals surface area contributed by atoms with Crippen LogP contribution in [-0.4, -0.2) is 50.6 Å². The number of carbonyl (C=O) groups excluding carboxylic acids is 1. The van der Waals surface area contributed by atoms with Crippen molar-refractivity contribution in [3.05, 3.63) is 51.9 Å². The standard InChI is InChI=1S/C33H45N3O5/c1-20(2)19-41-33(39)28(22(4)37)16-25-15-24(25)13-23-9-10-30-29(14-23)34-31(26-12-21(3)32(38)35(5)17-26)36(30)18-27-8-6-7-11-40-27/h9-10,12,14,17,20,22,24-25,27-28,37H,6-8,11,13,15-16,18-19H2,1-5H3/t22-,24?,25-,27?,28+/m1/s1. The van der Waals surface area contributed by atoms with Crippen molar-refractivity contribution in [1.82, 2.24) is 14.1 Å². The number of fused-ring (bicyclic) bond motifs is 1. The molecule has 1 aliphatic heterocycles. The van der Waals surface area contributed by atoms with Crippen molar-refractivity contribution in [2.75, 3.05) is 13.2 Å². The summed E-state index contributed by atoms with van der Waals surface area (Å²) >= 11 is 0. The molecule has 5 rings (SSSR count). The minimum Gasteiger partial charge on any atom is -0.465 e. The van der Waals surface area contributed by atoms with Crippen LogP contribution in [-0.2, 0) is 34.3 Å². The lowest BCUT2D eigenvalue weighted by Crippen LogP contribution is -2.29. The lowest BCUT2D eigenvalue weighted by molar-refractivity contribution is -0.153. The normalized spacial score (nSPS) is 22.2. The first-order valence-electron chi connectivity index (χ1n) is 15.2. The van der Waals surface area contributed by atoms with Gasteiger partial charge in [0.2, 0.25) is 0 Å². The monoisotopic (exact) mass is 563 g/mol. The first-order chi connectivity index (χ1) is 19.6. The average molecular weight is 564 g/mol. The number of esters is 1. The molecular weight excluding hydrogens is 518 g/mol. The molecule has 222 valence electrons. The highest BCUT2D eigenvalue weighted by molar-refractivity contribution is 5.81. The lowest BCUT2D eigenvalue weighted by Gasteiger charge is -2.24. The van der Waals surface area contributed by atoms with E-state index in [1.807, 2.05) is 33.0 Å². The number of rotatable bonds is 11. The molecule has 1 saturated carbocycles. The number of benzene rings is 1. The number of nitrogens with zero attached hydrogens (tertiary/aromatic N) is 3. The average Bonchev–Trinajstić information content (AvgIpc) is 3.58. The molecule has 0 spiro atoms. The van der Waals surface area contributed by atoms with Crippen molar-refractivity contribution in [2.24, 2.45) is 30.7 Å². The predicted octanol–water partition coefficient (Wildman–Crippen LogP) is 5.04. The van der Waals surface area contributed by atoms with E-state index in [2.05, 4.69) is 22.8 Å². The minimum absolute atomic E-state index is 0.000635. The van der Waals surface area contributed by atoms with E-state index in [1.165, 1.54) is 12.0 Å². The second kappa shape index (κ2) is 12.5. The summed E-state index contributed by atoms with van der Waals surface area (Å²) in [4.78, 5) is 30.1. The van der Waals surface area contributed by atoms with Gasteiger partial charge in [-0.3, -0.25) is 9.59 Å². The Morgan fingerprint density at radius 1 is 1.20 bits per heavy atom. The Morgan fingerprint density at radius 2 is 2.00 bits per heavy atom. The van der Waals surface area contributed by atoms with Crippen LogP contribution in [0.15, 0.2) is 35.3 Å². The molecule has 1 N–H and O–H groups in total. The summed E-state index contributed by atoms with van der Waals surface area (Å²) in [5.41, 5.74) is 4.85. The fraction of sp³-hybridized carbons (Fsp3) is 0.606. The third-order valence-electron chi connectivity index (χ3n) is 8.66. The van der Waals surface area contributed by atoms with E-state index < -0.39 is 12.0 Å². The molecule has 1 saturated heterocycles. The number of imidazole rings is 1. The number of aliphatic hydroxyl groups excluding tert-OH is 1. The fourth-order valence-electron chi connectivity index (χ4n) is 6.19. The molecule has 2 fully saturated rings. The summed E-state index contributed by atoms with van der Waals surface area (Å²) in [6.45, 7) is 9.46. The van der Waals surface area contributed by atoms with Crippen LogP contribution in [0.5, 0.6) is 0 Å². The first-order valence-corrected chi connectivity index (χ1v) is 15.2. The number of aliphatic hydroxyl groups is 1. The molecule has 3 heterocycles. The summed E-state index contributed by atoms with van der Waals surface area (Å²) in [7, 11) is 1.78. The van der Waals surface area contributed by atoms with Crippen LogP contribution in [0.1, 0.15) is 64.0 Å². The number of pyridine rings is 1. The van der Waals surface area contributed by atoms with Crippen LogP contribution in [0.4, 0.5) is 0 Å². The number of hydrogen-bond donors (Lipinski definition) is 1.